The molecule has 0 radical (unpaired) electrons. The lowest BCUT2D eigenvalue weighted by atomic mass is 10.2. The van der Waals surface area contributed by atoms with Crippen molar-refractivity contribution in [2.24, 2.45) is 5.92 Å². The molecule has 0 bridgehead atoms. The maximum absolute atomic E-state index is 12.2. The fourth-order valence-electron chi connectivity index (χ4n) is 1.98. The normalized spacial score (nSPS) is 12.4. The monoisotopic (exact) mass is 306 g/mol. The largest absolute Gasteiger partial charge is 0.374 e. The van der Waals surface area contributed by atoms with Gasteiger partial charge in [0.25, 0.3) is 5.56 Å². The minimum Gasteiger partial charge on any atom is -0.374 e. The predicted octanol–water partition coefficient (Wildman–Crippen LogP) is 3.12. The molecule has 0 aliphatic heterocycles. The van der Waals surface area contributed by atoms with Gasteiger partial charge in [-0.3, -0.25) is 9.78 Å². The summed E-state index contributed by atoms with van der Waals surface area (Å²) in [4.78, 5) is 16.4. The number of hydrogen-bond acceptors (Lipinski definition) is 4. The van der Waals surface area contributed by atoms with E-state index in [4.69, 9.17) is 11.6 Å². The second-order valence-electron chi connectivity index (χ2n) is 5.37. The summed E-state index contributed by atoms with van der Waals surface area (Å²) in [5.41, 5.74) is 1.13. The minimum atomic E-state index is -0.274. The minimum absolute atomic E-state index is 0.0640. The van der Waals surface area contributed by atoms with Crippen molar-refractivity contribution in [3.63, 3.8) is 0 Å². The van der Waals surface area contributed by atoms with Gasteiger partial charge >= 0.3 is 0 Å². The molecule has 0 aromatic carbocycles. The van der Waals surface area contributed by atoms with Gasteiger partial charge in [-0.05, 0) is 25.0 Å². The highest BCUT2D eigenvalue weighted by molar-refractivity contribution is 6.32. The van der Waals surface area contributed by atoms with E-state index in [1.165, 1.54) is 4.68 Å². The molecule has 21 heavy (non-hydrogen) atoms. The zero-order chi connectivity index (χ0) is 15.4. The van der Waals surface area contributed by atoms with E-state index in [1.807, 2.05) is 39.0 Å². The van der Waals surface area contributed by atoms with Crippen LogP contribution in [0.2, 0.25) is 5.02 Å². The van der Waals surface area contributed by atoms with Crippen LogP contribution in [-0.4, -0.2) is 14.8 Å². The predicted molar refractivity (Wildman–Crippen MR) is 84.6 cm³/mol. The maximum Gasteiger partial charge on any atom is 0.287 e. The van der Waals surface area contributed by atoms with Gasteiger partial charge in [0.2, 0.25) is 0 Å². The SMILES string of the molecule is CC(C)Cn1ncc(NC(C)c2ccccn2)c(Cl)c1=O. The molecule has 0 aliphatic carbocycles. The Morgan fingerprint density at radius 3 is 2.71 bits per heavy atom. The summed E-state index contributed by atoms with van der Waals surface area (Å²) in [7, 11) is 0. The van der Waals surface area contributed by atoms with Crippen molar-refractivity contribution >= 4 is 17.3 Å². The number of nitrogens with one attached hydrogen (secondary N) is 1. The van der Waals surface area contributed by atoms with Crippen molar-refractivity contribution in [3.8, 4) is 0 Å². The molecule has 1 atom stereocenters. The van der Waals surface area contributed by atoms with Gasteiger partial charge in [0, 0.05) is 12.7 Å². The Labute approximate surface area is 129 Å². The summed E-state index contributed by atoms with van der Waals surface area (Å²) >= 11 is 6.16. The van der Waals surface area contributed by atoms with E-state index in [2.05, 4.69) is 15.4 Å². The number of nitrogens with zero attached hydrogens (tertiary/aromatic N) is 3. The Kier molecular flexibility index (Phi) is 4.96. The van der Waals surface area contributed by atoms with Gasteiger partial charge in [-0.1, -0.05) is 31.5 Å². The van der Waals surface area contributed by atoms with Crippen molar-refractivity contribution in [1.82, 2.24) is 14.8 Å². The zero-order valence-corrected chi connectivity index (χ0v) is 13.1. The molecule has 0 saturated carbocycles. The first-order valence-electron chi connectivity index (χ1n) is 6.92. The molecular formula is C15H19ClN4O. The van der Waals surface area contributed by atoms with Gasteiger partial charge in [0.05, 0.1) is 23.6 Å². The van der Waals surface area contributed by atoms with E-state index < -0.39 is 0 Å². The third kappa shape index (κ3) is 3.82. The molecule has 2 aromatic rings. The highest BCUT2D eigenvalue weighted by atomic mass is 35.5. The van der Waals surface area contributed by atoms with Crippen molar-refractivity contribution in [2.45, 2.75) is 33.4 Å². The zero-order valence-electron chi connectivity index (χ0n) is 12.4. The lowest BCUT2D eigenvalue weighted by Gasteiger charge is -2.16. The number of rotatable bonds is 5. The second kappa shape index (κ2) is 6.72. The van der Waals surface area contributed by atoms with Crippen LogP contribution < -0.4 is 10.9 Å². The second-order valence-corrected chi connectivity index (χ2v) is 5.75. The van der Waals surface area contributed by atoms with Crippen molar-refractivity contribution in [1.29, 1.82) is 0 Å². The number of hydrogen-bond donors (Lipinski definition) is 1. The van der Waals surface area contributed by atoms with Gasteiger partial charge in [-0.25, -0.2) is 4.68 Å². The first-order valence-corrected chi connectivity index (χ1v) is 7.30. The molecule has 0 amide bonds. The van der Waals surface area contributed by atoms with E-state index in [9.17, 15) is 4.79 Å². The summed E-state index contributed by atoms with van der Waals surface area (Å²) in [6, 6.07) is 5.63. The van der Waals surface area contributed by atoms with Gasteiger partial charge in [0.1, 0.15) is 5.02 Å². The Hall–Kier alpha value is -1.88. The van der Waals surface area contributed by atoms with E-state index in [1.54, 1.807) is 12.4 Å². The third-order valence-corrected chi connectivity index (χ3v) is 3.39. The Bertz CT molecular complexity index is 654. The van der Waals surface area contributed by atoms with Crippen LogP contribution in [-0.2, 0) is 6.54 Å². The maximum atomic E-state index is 12.2. The topological polar surface area (TPSA) is 59.8 Å². The van der Waals surface area contributed by atoms with Crippen LogP contribution in [0.25, 0.3) is 0 Å². The van der Waals surface area contributed by atoms with E-state index in [0.717, 1.165) is 5.69 Å². The summed E-state index contributed by atoms with van der Waals surface area (Å²) < 4.78 is 1.39. The number of anilines is 1. The lowest BCUT2D eigenvalue weighted by molar-refractivity contribution is 0.464. The van der Waals surface area contributed by atoms with Crippen molar-refractivity contribution in [3.05, 3.63) is 51.7 Å². The highest BCUT2D eigenvalue weighted by Crippen LogP contribution is 2.21. The molecule has 6 heteroatoms. The van der Waals surface area contributed by atoms with Crippen LogP contribution in [0.3, 0.4) is 0 Å². The van der Waals surface area contributed by atoms with Crippen LogP contribution in [0.5, 0.6) is 0 Å². The van der Waals surface area contributed by atoms with Crippen LogP contribution in [0, 0.1) is 5.92 Å². The van der Waals surface area contributed by atoms with Crippen LogP contribution in [0.4, 0.5) is 5.69 Å². The Morgan fingerprint density at radius 2 is 2.10 bits per heavy atom. The first kappa shape index (κ1) is 15.5. The molecular weight excluding hydrogens is 288 g/mol. The van der Waals surface area contributed by atoms with Gasteiger partial charge < -0.3 is 5.32 Å². The summed E-state index contributed by atoms with van der Waals surface area (Å²) in [5, 5.41) is 7.50. The average molecular weight is 307 g/mol. The number of pyridine rings is 1. The van der Waals surface area contributed by atoms with Crippen LogP contribution in [0.1, 0.15) is 32.5 Å². The van der Waals surface area contributed by atoms with Gasteiger partial charge in [0.15, 0.2) is 0 Å². The van der Waals surface area contributed by atoms with E-state index >= 15 is 0 Å². The smallest absolute Gasteiger partial charge is 0.287 e. The molecule has 2 rings (SSSR count). The Morgan fingerprint density at radius 1 is 1.33 bits per heavy atom. The average Bonchev–Trinajstić information content (AvgIpc) is 2.47. The quantitative estimate of drug-likeness (QED) is 0.922. The molecule has 2 aromatic heterocycles. The molecule has 2 heterocycles. The molecule has 0 saturated heterocycles. The van der Waals surface area contributed by atoms with Gasteiger partial charge in [-0.15, -0.1) is 0 Å². The van der Waals surface area contributed by atoms with Crippen molar-refractivity contribution < 1.29 is 0 Å². The number of halogens is 1. The van der Waals surface area contributed by atoms with Crippen LogP contribution >= 0.6 is 11.6 Å². The van der Waals surface area contributed by atoms with Crippen LogP contribution in [0.15, 0.2) is 35.4 Å². The Balaban J connectivity index is 2.22. The third-order valence-electron chi connectivity index (χ3n) is 3.03. The highest BCUT2D eigenvalue weighted by Gasteiger charge is 2.13. The van der Waals surface area contributed by atoms with Gasteiger partial charge in [-0.2, -0.15) is 5.10 Å². The summed E-state index contributed by atoms with van der Waals surface area (Å²) in [6.45, 7) is 6.56. The molecule has 1 N–H and O–H groups in total. The summed E-state index contributed by atoms with van der Waals surface area (Å²) in [5.74, 6) is 0.331. The molecule has 1 unspecified atom stereocenters. The lowest BCUT2D eigenvalue weighted by Crippen LogP contribution is -2.26. The summed E-state index contributed by atoms with van der Waals surface area (Å²) in [6.07, 6.45) is 3.32. The molecule has 5 nitrogen and oxygen atoms in total. The van der Waals surface area contributed by atoms with E-state index in [-0.39, 0.29) is 16.6 Å². The standard InChI is InChI=1S/C15H19ClN4O/c1-10(2)9-20-15(21)14(16)13(8-18-20)19-11(3)12-6-4-5-7-17-12/h4-8,10-11,19H,9H2,1-3H3. The van der Waals surface area contributed by atoms with Crippen molar-refractivity contribution in [2.75, 3.05) is 5.32 Å². The molecule has 0 aliphatic rings. The molecule has 112 valence electrons. The fraction of sp³-hybridized carbons (Fsp3) is 0.400. The molecule has 0 fully saturated rings. The first-order chi connectivity index (χ1) is 9.99. The fourth-order valence-corrected chi connectivity index (χ4v) is 2.18. The number of aromatic nitrogens is 3. The van der Waals surface area contributed by atoms with E-state index in [0.29, 0.717) is 18.2 Å². The molecule has 0 spiro atoms.